The van der Waals surface area contributed by atoms with Crippen LogP contribution < -0.4 is 14.4 Å². The summed E-state index contributed by atoms with van der Waals surface area (Å²) in [6, 6.07) is 16.8. The smallest absolute Gasteiger partial charge is 0.273 e. The number of carbonyl (C=O) groups is 1. The lowest BCUT2D eigenvalue weighted by molar-refractivity contribution is 0.102. The van der Waals surface area contributed by atoms with E-state index in [-0.39, 0.29) is 10.1 Å². The molecule has 28 heavy (non-hydrogen) atoms. The van der Waals surface area contributed by atoms with Gasteiger partial charge in [-0.2, -0.15) is 0 Å². The number of rotatable bonds is 7. The molecule has 0 saturated heterocycles. The van der Waals surface area contributed by atoms with Crippen LogP contribution in [-0.2, 0) is 10.0 Å². The molecule has 146 valence electrons. The maximum atomic E-state index is 12.6. The molecule has 0 saturated carbocycles. The third kappa shape index (κ3) is 4.18. The van der Waals surface area contributed by atoms with E-state index in [1.807, 2.05) is 19.1 Å². The highest BCUT2D eigenvalue weighted by molar-refractivity contribution is 7.94. The van der Waals surface area contributed by atoms with Gasteiger partial charge in [-0.3, -0.25) is 9.10 Å². The molecule has 0 aliphatic heterocycles. The molecule has 1 heterocycles. The van der Waals surface area contributed by atoms with Crippen LogP contribution in [0.1, 0.15) is 17.3 Å². The fraction of sp³-hybridized carbons (Fsp3) is 0.150. The number of amides is 1. The lowest BCUT2D eigenvalue weighted by atomic mass is 10.2. The van der Waals surface area contributed by atoms with E-state index in [2.05, 4.69) is 5.32 Å². The molecule has 1 aromatic heterocycles. The first kappa shape index (κ1) is 19.9. The molecule has 0 atom stereocenters. The molecule has 0 aliphatic carbocycles. The quantitative estimate of drug-likeness (QED) is 0.626. The van der Waals surface area contributed by atoms with Crippen molar-refractivity contribution in [2.45, 2.75) is 11.1 Å². The zero-order chi connectivity index (χ0) is 20.1. The van der Waals surface area contributed by atoms with Gasteiger partial charge >= 0.3 is 0 Å². The van der Waals surface area contributed by atoms with Crippen molar-refractivity contribution in [3.63, 3.8) is 0 Å². The van der Waals surface area contributed by atoms with Crippen LogP contribution in [0.5, 0.6) is 5.75 Å². The van der Waals surface area contributed by atoms with Crippen molar-refractivity contribution >= 4 is 38.6 Å². The zero-order valence-electron chi connectivity index (χ0n) is 15.5. The molecule has 0 radical (unpaired) electrons. The highest BCUT2D eigenvalue weighted by Crippen LogP contribution is 2.27. The van der Waals surface area contributed by atoms with Crippen LogP contribution >= 0.6 is 11.3 Å². The Morgan fingerprint density at radius 3 is 2.43 bits per heavy atom. The molecule has 0 bridgehead atoms. The van der Waals surface area contributed by atoms with Gasteiger partial charge in [0.2, 0.25) is 0 Å². The van der Waals surface area contributed by atoms with Crippen molar-refractivity contribution in [2.75, 3.05) is 23.3 Å². The number of benzene rings is 2. The van der Waals surface area contributed by atoms with Crippen LogP contribution in [0.4, 0.5) is 11.4 Å². The molecule has 0 aliphatic rings. The number of nitrogens with one attached hydrogen (secondary N) is 1. The van der Waals surface area contributed by atoms with Gasteiger partial charge < -0.3 is 10.1 Å². The summed E-state index contributed by atoms with van der Waals surface area (Å²) >= 11 is 1.16. The van der Waals surface area contributed by atoms with Gasteiger partial charge in [0.1, 0.15) is 9.96 Å². The zero-order valence-corrected chi connectivity index (χ0v) is 17.1. The first-order chi connectivity index (χ1) is 13.4. The Bertz CT molecular complexity index is 1050. The number of thiophene rings is 1. The fourth-order valence-electron chi connectivity index (χ4n) is 2.55. The molecule has 0 spiro atoms. The Balaban J connectivity index is 1.77. The lowest BCUT2D eigenvalue weighted by Crippen LogP contribution is -2.25. The second-order valence-corrected chi connectivity index (χ2v) is 8.98. The van der Waals surface area contributed by atoms with Crippen LogP contribution in [0.3, 0.4) is 0 Å². The predicted molar refractivity (Wildman–Crippen MR) is 112 cm³/mol. The number of anilines is 2. The van der Waals surface area contributed by atoms with Crippen LogP contribution in [0, 0.1) is 0 Å². The SMILES string of the molecule is CCOc1ccccc1NC(=O)c1ccc(N(C)S(=O)(=O)c2cccs2)cc1. The summed E-state index contributed by atoms with van der Waals surface area (Å²) in [5.41, 5.74) is 1.47. The number of carbonyl (C=O) groups excluding carboxylic acids is 1. The maximum absolute atomic E-state index is 12.6. The standard InChI is InChI=1S/C20H20N2O4S2/c1-3-26-18-8-5-4-7-17(18)21-20(23)15-10-12-16(13-11-15)22(2)28(24,25)19-9-6-14-27-19/h4-14H,3H2,1-2H3,(H,21,23). The molecule has 3 aromatic rings. The minimum absolute atomic E-state index is 0.268. The summed E-state index contributed by atoms with van der Waals surface area (Å²) in [5.74, 6) is 0.291. The molecule has 0 unspecified atom stereocenters. The monoisotopic (exact) mass is 416 g/mol. The number of sulfonamides is 1. The maximum Gasteiger partial charge on any atom is 0.273 e. The van der Waals surface area contributed by atoms with Gasteiger partial charge in [-0.25, -0.2) is 8.42 Å². The lowest BCUT2D eigenvalue weighted by Gasteiger charge is -2.18. The summed E-state index contributed by atoms with van der Waals surface area (Å²) in [7, 11) is -2.12. The normalized spacial score (nSPS) is 11.1. The Labute approximate surface area is 168 Å². The second kappa shape index (κ2) is 8.45. The molecule has 6 nitrogen and oxygen atoms in total. The molecule has 2 aromatic carbocycles. The van der Waals surface area contributed by atoms with Gasteiger partial charge in [-0.1, -0.05) is 18.2 Å². The summed E-state index contributed by atoms with van der Waals surface area (Å²) in [5, 5.41) is 4.54. The molecule has 1 N–H and O–H groups in total. The van der Waals surface area contributed by atoms with Crippen molar-refractivity contribution < 1.29 is 17.9 Å². The van der Waals surface area contributed by atoms with Crippen molar-refractivity contribution in [2.24, 2.45) is 0 Å². The summed E-state index contributed by atoms with van der Waals surface area (Å²) in [4.78, 5) is 12.5. The van der Waals surface area contributed by atoms with Gasteiger partial charge in [0.25, 0.3) is 15.9 Å². The minimum Gasteiger partial charge on any atom is -0.492 e. The van der Waals surface area contributed by atoms with E-state index in [1.54, 1.807) is 53.9 Å². The van der Waals surface area contributed by atoms with E-state index < -0.39 is 10.0 Å². The van der Waals surface area contributed by atoms with E-state index in [1.165, 1.54) is 11.4 Å². The first-order valence-corrected chi connectivity index (χ1v) is 10.9. The number of nitrogens with zero attached hydrogens (tertiary/aromatic N) is 1. The van der Waals surface area contributed by atoms with Gasteiger partial charge in [-0.15, -0.1) is 11.3 Å². The van der Waals surface area contributed by atoms with Crippen molar-refractivity contribution in [1.29, 1.82) is 0 Å². The van der Waals surface area contributed by atoms with E-state index in [4.69, 9.17) is 4.74 Å². The number of para-hydroxylation sites is 2. The number of hydrogen-bond donors (Lipinski definition) is 1. The molecule has 8 heteroatoms. The number of ether oxygens (including phenoxy) is 1. The van der Waals surface area contributed by atoms with Gasteiger partial charge in [0.05, 0.1) is 18.0 Å². The minimum atomic E-state index is -3.61. The van der Waals surface area contributed by atoms with Crippen LogP contribution in [0.2, 0.25) is 0 Å². The van der Waals surface area contributed by atoms with Gasteiger partial charge in [-0.05, 0) is 54.8 Å². The Morgan fingerprint density at radius 2 is 1.79 bits per heavy atom. The van der Waals surface area contributed by atoms with Gasteiger partial charge in [0, 0.05) is 12.6 Å². The van der Waals surface area contributed by atoms with E-state index in [0.29, 0.717) is 29.3 Å². The van der Waals surface area contributed by atoms with Crippen molar-refractivity contribution in [1.82, 2.24) is 0 Å². The summed E-state index contributed by atoms with van der Waals surface area (Å²) < 4.78 is 32.2. The highest BCUT2D eigenvalue weighted by Gasteiger charge is 2.22. The molecule has 3 rings (SSSR count). The van der Waals surface area contributed by atoms with Crippen molar-refractivity contribution in [3.05, 3.63) is 71.6 Å². The average Bonchev–Trinajstić information content (AvgIpc) is 3.25. The van der Waals surface area contributed by atoms with E-state index in [9.17, 15) is 13.2 Å². The predicted octanol–water partition coefficient (Wildman–Crippen LogP) is 4.22. The second-order valence-electron chi connectivity index (χ2n) is 5.83. The largest absolute Gasteiger partial charge is 0.492 e. The Morgan fingerprint density at radius 1 is 1.07 bits per heavy atom. The van der Waals surface area contributed by atoms with Crippen LogP contribution in [-0.4, -0.2) is 28.0 Å². The van der Waals surface area contributed by atoms with E-state index in [0.717, 1.165) is 11.3 Å². The topological polar surface area (TPSA) is 75.7 Å². The van der Waals surface area contributed by atoms with Crippen LogP contribution in [0.25, 0.3) is 0 Å². The van der Waals surface area contributed by atoms with Crippen molar-refractivity contribution in [3.8, 4) is 5.75 Å². The third-order valence-electron chi connectivity index (χ3n) is 4.04. The van der Waals surface area contributed by atoms with E-state index >= 15 is 0 Å². The number of hydrogen-bond acceptors (Lipinski definition) is 5. The molecule has 0 fully saturated rings. The third-order valence-corrected chi connectivity index (χ3v) is 7.20. The summed E-state index contributed by atoms with van der Waals surface area (Å²) in [6.45, 7) is 2.37. The molecular weight excluding hydrogens is 396 g/mol. The fourth-order valence-corrected chi connectivity index (χ4v) is 4.91. The summed E-state index contributed by atoms with van der Waals surface area (Å²) in [6.07, 6.45) is 0. The van der Waals surface area contributed by atoms with Gasteiger partial charge in [0.15, 0.2) is 0 Å². The molecule has 1 amide bonds. The average molecular weight is 417 g/mol. The Kier molecular flexibility index (Phi) is 6.01. The Hall–Kier alpha value is -2.84. The van der Waals surface area contributed by atoms with Crippen LogP contribution in [0.15, 0.2) is 70.3 Å². The molecular formula is C20H20N2O4S2. The highest BCUT2D eigenvalue weighted by atomic mass is 32.2. The first-order valence-electron chi connectivity index (χ1n) is 8.59.